The maximum absolute atomic E-state index is 13.0. The molecule has 1 fully saturated rings. The molecule has 0 aromatic carbocycles. The van der Waals surface area contributed by atoms with Crippen molar-refractivity contribution in [1.29, 1.82) is 0 Å². The average Bonchev–Trinajstić information content (AvgIpc) is 2.48. The number of pyridine rings is 1. The van der Waals surface area contributed by atoms with E-state index in [9.17, 15) is 8.42 Å². The molecule has 1 aliphatic rings. The van der Waals surface area contributed by atoms with E-state index in [-0.39, 0.29) is 17.0 Å². The number of aromatic nitrogens is 1. The largest absolute Gasteiger partial charge is 0.384 e. The number of morpholine rings is 1. The first-order valence-corrected chi connectivity index (χ1v) is 8.76. The van der Waals surface area contributed by atoms with Gasteiger partial charge < -0.3 is 10.1 Å². The predicted octanol–water partition coefficient (Wildman–Crippen LogP) is 1.70. The number of ether oxygens (including phenoxy) is 1. The van der Waals surface area contributed by atoms with Gasteiger partial charge >= 0.3 is 0 Å². The number of sulfonamides is 1. The highest BCUT2D eigenvalue weighted by Crippen LogP contribution is 2.28. The molecule has 0 bridgehead atoms. The van der Waals surface area contributed by atoms with Crippen molar-refractivity contribution in [2.24, 2.45) is 0 Å². The Kier molecular flexibility index (Phi) is 5.18. The highest BCUT2D eigenvalue weighted by molar-refractivity contribution is 7.89. The summed E-state index contributed by atoms with van der Waals surface area (Å²) in [5.41, 5.74) is 0.599. The first-order valence-electron chi connectivity index (χ1n) is 7.32. The second kappa shape index (κ2) is 6.72. The zero-order chi connectivity index (χ0) is 15.5. The predicted molar refractivity (Wildman–Crippen MR) is 81.8 cm³/mol. The van der Waals surface area contributed by atoms with Crippen molar-refractivity contribution in [1.82, 2.24) is 9.29 Å². The van der Waals surface area contributed by atoms with Gasteiger partial charge in [-0.1, -0.05) is 6.92 Å². The molecular weight excluding hydrogens is 290 g/mol. The van der Waals surface area contributed by atoms with Crippen molar-refractivity contribution in [3.8, 4) is 0 Å². The van der Waals surface area contributed by atoms with E-state index in [0.29, 0.717) is 25.4 Å². The van der Waals surface area contributed by atoms with Crippen LogP contribution in [0.3, 0.4) is 0 Å². The quantitative estimate of drug-likeness (QED) is 0.896. The Hall–Kier alpha value is -1.18. The lowest BCUT2D eigenvalue weighted by atomic mass is 10.2. The molecule has 21 heavy (non-hydrogen) atoms. The smallest absolute Gasteiger partial charge is 0.247 e. The third kappa shape index (κ3) is 3.36. The van der Waals surface area contributed by atoms with Gasteiger partial charge in [0.25, 0.3) is 0 Å². The van der Waals surface area contributed by atoms with Crippen LogP contribution in [0.4, 0.5) is 5.69 Å². The molecule has 0 radical (unpaired) electrons. The van der Waals surface area contributed by atoms with Gasteiger partial charge in [0.1, 0.15) is 4.90 Å². The second-order valence-electron chi connectivity index (χ2n) is 5.18. The van der Waals surface area contributed by atoms with Gasteiger partial charge in [-0.3, -0.25) is 4.98 Å². The molecule has 2 unspecified atom stereocenters. The molecule has 0 aliphatic carbocycles. The lowest BCUT2D eigenvalue weighted by molar-refractivity contribution is -0.0230. The SMILES string of the molecule is CCNc1ccncc1S(=O)(=O)N1CC(C)OCC1CC. The first-order chi connectivity index (χ1) is 10.0. The summed E-state index contributed by atoms with van der Waals surface area (Å²) in [6.07, 6.45) is 3.64. The molecule has 2 atom stereocenters. The van der Waals surface area contributed by atoms with Gasteiger partial charge in [-0.15, -0.1) is 0 Å². The van der Waals surface area contributed by atoms with Crippen molar-refractivity contribution in [2.45, 2.75) is 44.2 Å². The average molecular weight is 313 g/mol. The number of anilines is 1. The molecule has 1 N–H and O–H groups in total. The van der Waals surface area contributed by atoms with Crippen LogP contribution in [0, 0.1) is 0 Å². The normalized spacial score (nSPS) is 24.0. The minimum atomic E-state index is -3.58. The van der Waals surface area contributed by atoms with Crippen molar-refractivity contribution < 1.29 is 13.2 Å². The minimum Gasteiger partial charge on any atom is -0.384 e. The molecule has 6 nitrogen and oxygen atoms in total. The standard InChI is InChI=1S/C14H23N3O3S/c1-4-12-10-20-11(3)9-17(12)21(18,19)14-8-15-7-6-13(14)16-5-2/h6-8,11-12H,4-5,9-10H2,1-3H3,(H,15,16). The molecule has 1 aromatic heterocycles. The van der Waals surface area contributed by atoms with Crippen LogP contribution in [-0.2, 0) is 14.8 Å². The van der Waals surface area contributed by atoms with Crippen molar-refractivity contribution >= 4 is 15.7 Å². The van der Waals surface area contributed by atoms with Crippen molar-refractivity contribution in [3.05, 3.63) is 18.5 Å². The molecular formula is C14H23N3O3S. The van der Waals surface area contributed by atoms with E-state index in [1.807, 2.05) is 20.8 Å². The minimum absolute atomic E-state index is 0.0955. The van der Waals surface area contributed by atoms with Crippen LogP contribution in [0.1, 0.15) is 27.2 Å². The van der Waals surface area contributed by atoms with E-state index >= 15 is 0 Å². The van der Waals surface area contributed by atoms with Gasteiger partial charge in [-0.05, 0) is 26.3 Å². The molecule has 0 amide bonds. The molecule has 1 aliphatic heterocycles. The van der Waals surface area contributed by atoms with Crippen LogP contribution in [0.25, 0.3) is 0 Å². The van der Waals surface area contributed by atoms with Crippen LogP contribution in [0.5, 0.6) is 0 Å². The summed E-state index contributed by atoms with van der Waals surface area (Å²) in [5, 5.41) is 3.09. The van der Waals surface area contributed by atoms with Gasteiger partial charge in [0, 0.05) is 31.5 Å². The number of rotatable bonds is 5. The van der Waals surface area contributed by atoms with Crippen LogP contribution in [0.2, 0.25) is 0 Å². The van der Waals surface area contributed by atoms with E-state index in [1.165, 1.54) is 6.20 Å². The summed E-state index contributed by atoms with van der Waals surface area (Å²) in [6.45, 7) is 7.27. The van der Waals surface area contributed by atoms with Crippen molar-refractivity contribution in [2.75, 3.05) is 25.0 Å². The van der Waals surface area contributed by atoms with Crippen molar-refractivity contribution in [3.63, 3.8) is 0 Å². The van der Waals surface area contributed by atoms with Gasteiger partial charge in [-0.25, -0.2) is 8.42 Å². The van der Waals surface area contributed by atoms with Crippen LogP contribution in [-0.4, -0.2) is 49.5 Å². The third-order valence-corrected chi connectivity index (χ3v) is 5.57. The molecule has 2 rings (SSSR count). The Labute approximate surface area is 126 Å². The Morgan fingerprint density at radius 1 is 1.48 bits per heavy atom. The summed E-state index contributed by atoms with van der Waals surface area (Å²) >= 11 is 0. The molecule has 1 aromatic rings. The summed E-state index contributed by atoms with van der Waals surface area (Å²) in [4.78, 5) is 4.22. The van der Waals surface area contributed by atoms with Gasteiger partial charge in [-0.2, -0.15) is 4.31 Å². The first kappa shape index (κ1) is 16.2. The Balaban J connectivity index is 2.40. The fourth-order valence-corrected chi connectivity index (χ4v) is 4.35. The van der Waals surface area contributed by atoms with E-state index in [0.717, 1.165) is 6.42 Å². The van der Waals surface area contributed by atoms with Crippen LogP contribution in [0.15, 0.2) is 23.4 Å². The molecule has 2 heterocycles. The summed E-state index contributed by atoms with van der Waals surface area (Å²) in [5.74, 6) is 0. The highest BCUT2D eigenvalue weighted by Gasteiger charge is 2.36. The number of hydrogen-bond acceptors (Lipinski definition) is 5. The molecule has 1 saturated heterocycles. The van der Waals surface area contributed by atoms with E-state index in [2.05, 4.69) is 10.3 Å². The Bertz CT molecular complexity index is 577. The third-order valence-electron chi connectivity index (χ3n) is 3.63. The van der Waals surface area contributed by atoms with Crippen LogP contribution < -0.4 is 5.32 Å². The maximum atomic E-state index is 13.0. The molecule has 118 valence electrons. The molecule has 0 saturated carbocycles. The number of hydrogen-bond donors (Lipinski definition) is 1. The van der Waals surface area contributed by atoms with E-state index in [1.54, 1.807) is 16.6 Å². The fraction of sp³-hybridized carbons (Fsp3) is 0.643. The lowest BCUT2D eigenvalue weighted by Crippen LogP contribution is -2.51. The van der Waals surface area contributed by atoms with Gasteiger partial charge in [0.2, 0.25) is 10.0 Å². The summed E-state index contributed by atoms with van der Waals surface area (Å²) < 4.78 is 33.1. The lowest BCUT2D eigenvalue weighted by Gasteiger charge is -2.37. The maximum Gasteiger partial charge on any atom is 0.247 e. The monoisotopic (exact) mass is 313 g/mol. The van der Waals surface area contributed by atoms with Crippen LogP contribution >= 0.6 is 0 Å². The molecule has 0 spiro atoms. The van der Waals surface area contributed by atoms with Gasteiger partial charge in [0.05, 0.1) is 18.4 Å². The fourth-order valence-electron chi connectivity index (χ4n) is 2.48. The van der Waals surface area contributed by atoms with Gasteiger partial charge in [0.15, 0.2) is 0 Å². The number of nitrogens with one attached hydrogen (secondary N) is 1. The zero-order valence-electron chi connectivity index (χ0n) is 12.7. The Morgan fingerprint density at radius 2 is 2.24 bits per heavy atom. The molecule has 7 heteroatoms. The summed E-state index contributed by atoms with van der Waals surface area (Å²) in [7, 11) is -3.58. The number of nitrogens with zero attached hydrogens (tertiary/aromatic N) is 2. The second-order valence-corrected chi connectivity index (χ2v) is 7.04. The topological polar surface area (TPSA) is 71.5 Å². The highest BCUT2D eigenvalue weighted by atomic mass is 32.2. The van der Waals surface area contributed by atoms with E-state index < -0.39 is 10.0 Å². The van der Waals surface area contributed by atoms with E-state index in [4.69, 9.17) is 4.74 Å². The zero-order valence-corrected chi connectivity index (χ0v) is 13.6. The Morgan fingerprint density at radius 3 is 2.90 bits per heavy atom. The summed E-state index contributed by atoms with van der Waals surface area (Å²) in [6, 6.07) is 1.57.